The van der Waals surface area contributed by atoms with Gasteiger partial charge < -0.3 is 27.4 Å². The van der Waals surface area contributed by atoms with Gasteiger partial charge in [-0.05, 0) is 44.1 Å². The van der Waals surface area contributed by atoms with E-state index in [2.05, 4.69) is 10.3 Å². The molecule has 0 bridgehead atoms. The second kappa shape index (κ2) is 14.4. The Bertz CT molecular complexity index is 584. The molecule has 1 aromatic rings. The zero-order chi connectivity index (χ0) is 20.6. The third-order valence-corrected chi connectivity index (χ3v) is 4.39. The molecule has 156 valence electrons. The van der Waals surface area contributed by atoms with Gasteiger partial charge in [0.25, 0.3) is 0 Å². The fourth-order valence-corrected chi connectivity index (χ4v) is 2.91. The largest absolute Gasteiger partial charge is 0.370 e. The van der Waals surface area contributed by atoms with E-state index < -0.39 is 0 Å². The van der Waals surface area contributed by atoms with Crippen molar-refractivity contribution in [2.75, 3.05) is 26.2 Å². The summed E-state index contributed by atoms with van der Waals surface area (Å²) in [5.41, 5.74) is 17.3. The molecule has 8 heteroatoms. The van der Waals surface area contributed by atoms with E-state index in [0.717, 1.165) is 57.3 Å². The van der Waals surface area contributed by atoms with Gasteiger partial charge in [0.1, 0.15) is 0 Å². The number of hydrogen-bond acceptors (Lipinski definition) is 4. The topological polar surface area (TPSA) is 140 Å². The molecule has 1 unspecified atom stereocenters. The molecule has 28 heavy (non-hydrogen) atoms. The van der Waals surface area contributed by atoms with Crippen LogP contribution in [0, 0.1) is 0 Å². The molecule has 0 aliphatic carbocycles. The van der Waals surface area contributed by atoms with Gasteiger partial charge in [0.05, 0.1) is 6.04 Å². The fraction of sp³-hybridized carbons (Fsp3) is 0.550. The summed E-state index contributed by atoms with van der Waals surface area (Å²) in [6.45, 7) is 3.15. The van der Waals surface area contributed by atoms with Crippen molar-refractivity contribution >= 4 is 18.3 Å². The third-order valence-electron chi connectivity index (χ3n) is 4.39. The zero-order valence-electron chi connectivity index (χ0n) is 16.6. The Labute approximate surface area is 167 Å². The number of carbonyl (C=O) groups is 2. The summed E-state index contributed by atoms with van der Waals surface area (Å²) in [6.07, 6.45) is 6.52. The fourth-order valence-electron chi connectivity index (χ4n) is 2.91. The van der Waals surface area contributed by atoms with Crippen LogP contribution < -0.4 is 22.5 Å². The van der Waals surface area contributed by atoms with E-state index in [4.69, 9.17) is 17.2 Å². The van der Waals surface area contributed by atoms with Gasteiger partial charge in [0, 0.05) is 26.2 Å². The lowest BCUT2D eigenvalue weighted by Crippen LogP contribution is -2.43. The van der Waals surface area contributed by atoms with Crippen LogP contribution in [0.15, 0.2) is 35.3 Å². The van der Waals surface area contributed by atoms with Crippen molar-refractivity contribution in [1.82, 2.24) is 10.2 Å². The maximum atomic E-state index is 12.0. The van der Waals surface area contributed by atoms with Gasteiger partial charge in [0.15, 0.2) is 5.96 Å². The van der Waals surface area contributed by atoms with E-state index >= 15 is 0 Å². The SMILES string of the molecule is NC(Cc1ccccc1)C(=O)N1CCCC1.NC(N)=NCCCCCNC=O. The molecule has 2 rings (SSSR count). The first-order valence-electron chi connectivity index (χ1n) is 9.85. The number of aliphatic imine (C=N–C) groups is 1. The van der Waals surface area contributed by atoms with E-state index in [0.29, 0.717) is 19.4 Å². The Morgan fingerprint density at radius 3 is 2.43 bits per heavy atom. The molecule has 0 radical (unpaired) electrons. The second-order valence-corrected chi connectivity index (χ2v) is 6.77. The maximum absolute atomic E-state index is 12.0. The number of hydrogen-bond donors (Lipinski definition) is 4. The molecule has 7 N–H and O–H groups in total. The van der Waals surface area contributed by atoms with Crippen LogP contribution in [0.4, 0.5) is 0 Å². The lowest BCUT2D eigenvalue weighted by molar-refractivity contribution is -0.131. The van der Waals surface area contributed by atoms with Crippen LogP contribution in [0.2, 0.25) is 0 Å². The molecule has 1 heterocycles. The Morgan fingerprint density at radius 2 is 1.82 bits per heavy atom. The highest BCUT2D eigenvalue weighted by molar-refractivity contribution is 5.82. The summed E-state index contributed by atoms with van der Waals surface area (Å²) in [4.78, 5) is 27.5. The molecule has 8 nitrogen and oxygen atoms in total. The quantitative estimate of drug-likeness (QED) is 0.198. The minimum Gasteiger partial charge on any atom is -0.370 e. The molecule has 0 spiro atoms. The highest BCUT2D eigenvalue weighted by Crippen LogP contribution is 2.10. The van der Waals surface area contributed by atoms with Crippen LogP contribution in [-0.4, -0.2) is 55.4 Å². The van der Waals surface area contributed by atoms with Gasteiger partial charge >= 0.3 is 0 Å². The van der Waals surface area contributed by atoms with Crippen molar-refractivity contribution in [2.45, 2.75) is 44.6 Å². The van der Waals surface area contributed by atoms with Crippen LogP contribution in [-0.2, 0) is 16.0 Å². The first kappa shape index (κ1) is 23.4. The molecule has 0 aromatic heterocycles. The van der Waals surface area contributed by atoms with E-state index in [1.807, 2.05) is 35.2 Å². The predicted molar refractivity (Wildman–Crippen MR) is 113 cm³/mol. The number of amides is 2. The summed E-state index contributed by atoms with van der Waals surface area (Å²) in [7, 11) is 0. The summed E-state index contributed by atoms with van der Waals surface area (Å²) in [5.74, 6) is 0.238. The average molecular weight is 391 g/mol. The molecule has 0 saturated carbocycles. The van der Waals surface area contributed by atoms with Crippen LogP contribution in [0.25, 0.3) is 0 Å². The minimum absolute atomic E-state index is 0.0985. The summed E-state index contributed by atoms with van der Waals surface area (Å²) in [6, 6.07) is 9.55. The zero-order valence-corrected chi connectivity index (χ0v) is 16.6. The number of nitrogens with one attached hydrogen (secondary N) is 1. The number of unbranched alkanes of at least 4 members (excludes halogenated alkanes) is 2. The number of carbonyl (C=O) groups excluding carboxylic acids is 2. The lowest BCUT2D eigenvalue weighted by atomic mass is 10.1. The van der Waals surface area contributed by atoms with E-state index in [1.54, 1.807) is 0 Å². The van der Waals surface area contributed by atoms with Gasteiger partial charge in [0.2, 0.25) is 12.3 Å². The van der Waals surface area contributed by atoms with E-state index in [-0.39, 0.29) is 17.9 Å². The number of guanidine groups is 1. The van der Waals surface area contributed by atoms with Crippen LogP contribution in [0.5, 0.6) is 0 Å². The molecular formula is C20H34N6O2. The van der Waals surface area contributed by atoms with Gasteiger partial charge in [-0.25, -0.2) is 0 Å². The molecule has 1 saturated heterocycles. The van der Waals surface area contributed by atoms with Crippen molar-refractivity contribution in [2.24, 2.45) is 22.2 Å². The Balaban J connectivity index is 0.000000295. The molecule has 1 fully saturated rings. The highest BCUT2D eigenvalue weighted by Gasteiger charge is 2.23. The standard InChI is InChI=1S/C13H18N2O.C7H16N4O/c14-12(10-11-6-2-1-3-7-11)13(16)15-8-4-5-9-15;8-7(9)11-5-3-1-2-4-10-6-12/h1-3,6-7,12H,4-5,8-10,14H2;6H,1-5H2,(H,10,12)(H4,8,9,11). The Morgan fingerprint density at radius 1 is 1.14 bits per heavy atom. The third kappa shape index (κ3) is 10.5. The van der Waals surface area contributed by atoms with E-state index in [1.165, 1.54) is 0 Å². The smallest absolute Gasteiger partial charge is 0.239 e. The number of nitrogens with zero attached hydrogens (tertiary/aromatic N) is 2. The molecule has 1 aliphatic heterocycles. The van der Waals surface area contributed by atoms with E-state index in [9.17, 15) is 9.59 Å². The number of benzene rings is 1. The van der Waals surface area contributed by atoms with Crippen molar-refractivity contribution in [3.05, 3.63) is 35.9 Å². The number of rotatable bonds is 10. The van der Waals surface area contributed by atoms with Crippen LogP contribution in [0.3, 0.4) is 0 Å². The molecule has 1 aromatic carbocycles. The number of nitrogens with two attached hydrogens (primary N) is 3. The molecular weight excluding hydrogens is 356 g/mol. The normalized spacial score (nSPS) is 13.8. The predicted octanol–water partition coefficient (Wildman–Crippen LogP) is 0.355. The Hall–Kier alpha value is -2.61. The van der Waals surface area contributed by atoms with Crippen molar-refractivity contribution in [3.8, 4) is 0 Å². The summed E-state index contributed by atoms with van der Waals surface area (Å²) < 4.78 is 0. The minimum atomic E-state index is -0.388. The van der Waals surface area contributed by atoms with Crippen LogP contribution >= 0.6 is 0 Å². The highest BCUT2D eigenvalue weighted by atomic mass is 16.2. The molecule has 2 amide bonds. The molecule has 1 aliphatic rings. The van der Waals surface area contributed by atoms with Crippen molar-refractivity contribution < 1.29 is 9.59 Å². The number of likely N-dealkylation sites (tertiary alicyclic amines) is 1. The van der Waals surface area contributed by atoms with Gasteiger partial charge in [-0.3, -0.25) is 14.6 Å². The van der Waals surface area contributed by atoms with Crippen molar-refractivity contribution in [1.29, 1.82) is 0 Å². The first-order chi connectivity index (χ1) is 13.5. The van der Waals surface area contributed by atoms with Crippen molar-refractivity contribution in [3.63, 3.8) is 0 Å². The van der Waals surface area contributed by atoms with Gasteiger partial charge in [-0.15, -0.1) is 0 Å². The lowest BCUT2D eigenvalue weighted by Gasteiger charge is -2.20. The monoisotopic (exact) mass is 390 g/mol. The maximum Gasteiger partial charge on any atom is 0.239 e. The Kier molecular flexibility index (Phi) is 12.1. The summed E-state index contributed by atoms with van der Waals surface area (Å²) >= 11 is 0. The first-order valence-corrected chi connectivity index (χ1v) is 9.85. The average Bonchev–Trinajstić information content (AvgIpc) is 3.22. The van der Waals surface area contributed by atoms with Crippen LogP contribution in [0.1, 0.15) is 37.7 Å². The summed E-state index contributed by atoms with van der Waals surface area (Å²) in [5, 5.41) is 2.58. The second-order valence-electron chi connectivity index (χ2n) is 6.77. The van der Waals surface area contributed by atoms with Gasteiger partial charge in [-0.1, -0.05) is 30.3 Å². The molecule has 1 atom stereocenters. The van der Waals surface area contributed by atoms with Gasteiger partial charge in [-0.2, -0.15) is 0 Å².